The molecule has 0 radical (unpaired) electrons. The van der Waals surface area contributed by atoms with Crippen molar-refractivity contribution in [2.45, 2.75) is 10.9 Å². The first kappa shape index (κ1) is 19.8. The molecule has 1 saturated heterocycles. The second-order valence-corrected chi connectivity index (χ2v) is 16.3. The van der Waals surface area contributed by atoms with Crippen LogP contribution in [0.4, 0.5) is 0 Å². The van der Waals surface area contributed by atoms with Crippen LogP contribution in [0.3, 0.4) is 0 Å². The van der Waals surface area contributed by atoms with Gasteiger partial charge in [0.25, 0.3) is 0 Å². The van der Waals surface area contributed by atoms with Gasteiger partial charge in [0.1, 0.15) is 10.9 Å². The lowest BCUT2D eigenvalue weighted by atomic mass is 10.6. The summed E-state index contributed by atoms with van der Waals surface area (Å²) in [4.78, 5) is 0. The van der Waals surface area contributed by atoms with Gasteiger partial charge in [0.05, 0.1) is 13.2 Å². The van der Waals surface area contributed by atoms with Gasteiger partial charge in [-0.1, -0.05) is 0 Å². The number of hydrogen-bond acceptors (Lipinski definition) is 10. The number of rotatable bonds is 8. The van der Waals surface area contributed by atoms with Crippen molar-refractivity contribution in [1.82, 2.24) is 0 Å². The van der Waals surface area contributed by atoms with Gasteiger partial charge in [-0.3, -0.25) is 0 Å². The van der Waals surface area contributed by atoms with Crippen LogP contribution in [-0.2, 0) is 51.2 Å². The van der Waals surface area contributed by atoms with Gasteiger partial charge in [0.2, 0.25) is 11.4 Å². The Labute approximate surface area is 137 Å². The van der Waals surface area contributed by atoms with Gasteiger partial charge >= 0.3 is 0 Å². The van der Waals surface area contributed by atoms with Gasteiger partial charge in [-0.05, 0) is 46.4 Å². The Morgan fingerprint density at radius 3 is 1.35 bits per heavy atom. The Bertz CT molecular complexity index is 345. The van der Waals surface area contributed by atoms with Crippen molar-refractivity contribution in [2.75, 3.05) is 41.7 Å². The second kappa shape index (κ2) is 9.15. The Hall–Kier alpha value is 1.76. The highest BCUT2D eigenvalue weighted by atomic mass is 32.9. The van der Waals surface area contributed by atoms with Crippen LogP contribution in [0.25, 0.3) is 0 Å². The normalized spacial score (nSPS) is 24.8. The maximum Gasteiger partial charge on any atom is 0.249 e. The SMILES string of the molecule is COP(=S)(OC)SC1OCCOC1SP(=S)(OC)OC. The molecule has 12 heteroatoms. The summed E-state index contributed by atoms with van der Waals surface area (Å²) in [6.45, 7) is 0.973. The second-order valence-electron chi connectivity index (χ2n) is 3.31. The molecular formula is C8H18O6P2S4. The summed E-state index contributed by atoms with van der Waals surface area (Å²) in [6, 6.07) is 0. The summed E-state index contributed by atoms with van der Waals surface area (Å²) in [7, 11) is 6.10. The highest BCUT2D eigenvalue weighted by molar-refractivity contribution is 8.69. The molecule has 1 rings (SSSR count). The molecule has 1 heterocycles. The summed E-state index contributed by atoms with van der Waals surface area (Å²) in [5, 5.41) is 0. The van der Waals surface area contributed by atoms with Crippen LogP contribution >= 0.6 is 34.2 Å². The van der Waals surface area contributed by atoms with Crippen molar-refractivity contribution in [3.8, 4) is 0 Å². The maximum absolute atomic E-state index is 5.70. The molecule has 120 valence electrons. The zero-order valence-corrected chi connectivity index (χ0v) is 16.6. The Morgan fingerprint density at radius 1 is 0.800 bits per heavy atom. The molecule has 1 aliphatic heterocycles. The van der Waals surface area contributed by atoms with E-state index in [4.69, 9.17) is 51.2 Å². The van der Waals surface area contributed by atoms with Crippen LogP contribution in [0.2, 0.25) is 0 Å². The summed E-state index contributed by atoms with van der Waals surface area (Å²) < 4.78 is 32.5. The van der Waals surface area contributed by atoms with Gasteiger partial charge in [-0.25, -0.2) is 0 Å². The number of hydrogen-bond donors (Lipinski definition) is 0. The molecule has 6 nitrogen and oxygen atoms in total. The van der Waals surface area contributed by atoms with Crippen LogP contribution in [0.1, 0.15) is 0 Å². The van der Waals surface area contributed by atoms with Crippen LogP contribution < -0.4 is 0 Å². The van der Waals surface area contributed by atoms with Gasteiger partial charge in [0, 0.05) is 28.4 Å². The minimum atomic E-state index is -2.44. The largest absolute Gasteiger partial charge is 0.361 e. The summed E-state index contributed by atoms with van der Waals surface area (Å²) in [5.41, 5.74) is -5.56. The zero-order valence-electron chi connectivity index (χ0n) is 11.5. The molecule has 0 aliphatic carbocycles. The molecule has 1 fully saturated rings. The molecule has 2 atom stereocenters. The fourth-order valence-electron chi connectivity index (χ4n) is 1.22. The molecule has 0 saturated carbocycles. The summed E-state index contributed by atoms with van der Waals surface area (Å²) in [5.74, 6) is 0. The third-order valence-corrected chi connectivity index (χ3v) is 13.8. The van der Waals surface area contributed by atoms with Crippen LogP contribution in [0.5, 0.6) is 0 Å². The van der Waals surface area contributed by atoms with E-state index in [1.807, 2.05) is 0 Å². The summed E-state index contributed by atoms with van der Waals surface area (Å²) >= 11 is 13.3. The highest BCUT2D eigenvalue weighted by Gasteiger charge is 2.38. The average Bonchev–Trinajstić information content (AvgIpc) is 2.49. The quantitative estimate of drug-likeness (QED) is 0.568. The molecule has 0 aromatic heterocycles. The first-order chi connectivity index (χ1) is 9.42. The topological polar surface area (TPSA) is 55.4 Å². The fourth-order valence-corrected chi connectivity index (χ4v) is 8.99. The lowest BCUT2D eigenvalue weighted by Crippen LogP contribution is -2.33. The van der Waals surface area contributed by atoms with E-state index in [0.29, 0.717) is 13.2 Å². The van der Waals surface area contributed by atoms with Crippen LogP contribution in [0, 0.1) is 0 Å². The van der Waals surface area contributed by atoms with Crippen molar-refractivity contribution < 1.29 is 27.6 Å². The minimum Gasteiger partial charge on any atom is -0.361 e. The van der Waals surface area contributed by atoms with Crippen molar-refractivity contribution in [1.29, 1.82) is 0 Å². The number of ether oxygens (including phenoxy) is 2. The van der Waals surface area contributed by atoms with Gasteiger partial charge in [-0.15, -0.1) is 0 Å². The molecule has 0 N–H and O–H groups in total. The van der Waals surface area contributed by atoms with Crippen molar-refractivity contribution in [2.24, 2.45) is 0 Å². The molecule has 0 amide bonds. The minimum absolute atomic E-state index is 0.341. The standard InChI is InChI=1S/C8H18O6P2S4/c1-9-15(17,10-2)19-7-8(14-6-5-13-7)20-16(18,11-3)12-4/h7-8H,5-6H2,1-4H3. The smallest absolute Gasteiger partial charge is 0.249 e. The zero-order chi connectivity index (χ0) is 15.2. The fraction of sp³-hybridized carbons (Fsp3) is 1.00. The van der Waals surface area contributed by atoms with Crippen molar-refractivity contribution >= 4 is 57.8 Å². The molecule has 1 aliphatic rings. The molecule has 0 spiro atoms. The van der Waals surface area contributed by atoms with E-state index >= 15 is 0 Å². The first-order valence-electron chi connectivity index (χ1n) is 5.45. The highest BCUT2D eigenvalue weighted by Crippen LogP contribution is 2.67. The van der Waals surface area contributed by atoms with E-state index in [1.54, 1.807) is 0 Å². The average molecular weight is 400 g/mol. The van der Waals surface area contributed by atoms with Crippen LogP contribution in [0.15, 0.2) is 0 Å². The third-order valence-electron chi connectivity index (χ3n) is 2.23. The Balaban J connectivity index is 2.77. The molecular weight excluding hydrogens is 382 g/mol. The third kappa shape index (κ3) is 5.76. The molecule has 20 heavy (non-hydrogen) atoms. The molecule has 0 bridgehead atoms. The van der Waals surface area contributed by atoms with Gasteiger partial charge < -0.3 is 27.6 Å². The van der Waals surface area contributed by atoms with Crippen molar-refractivity contribution in [3.05, 3.63) is 0 Å². The molecule has 2 unspecified atom stereocenters. The molecule has 0 aromatic rings. The predicted molar refractivity (Wildman–Crippen MR) is 91.3 cm³/mol. The van der Waals surface area contributed by atoms with E-state index in [0.717, 1.165) is 0 Å². The van der Waals surface area contributed by atoms with Gasteiger partial charge in [0.15, 0.2) is 0 Å². The molecule has 0 aromatic carbocycles. The lowest BCUT2D eigenvalue weighted by Gasteiger charge is -2.34. The predicted octanol–water partition coefficient (Wildman–Crippen LogP) is 3.19. The van der Waals surface area contributed by atoms with Crippen LogP contribution in [-0.4, -0.2) is 52.5 Å². The Morgan fingerprint density at radius 2 is 1.10 bits per heavy atom. The lowest BCUT2D eigenvalue weighted by molar-refractivity contribution is -0.0653. The summed E-state index contributed by atoms with van der Waals surface area (Å²) in [6.07, 6.45) is 0. The van der Waals surface area contributed by atoms with E-state index in [-0.39, 0.29) is 10.9 Å². The van der Waals surface area contributed by atoms with Crippen molar-refractivity contribution in [3.63, 3.8) is 0 Å². The van der Waals surface area contributed by atoms with E-state index < -0.39 is 11.4 Å². The van der Waals surface area contributed by atoms with Gasteiger partial charge in [-0.2, -0.15) is 0 Å². The Kier molecular flexibility index (Phi) is 9.06. The first-order valence-corrected chi connectivity index (χ1v) is 13.7. The van der Waals surface area contributed by atoms with E-state index in [1.165, 1.54) is 51.2 Å². The maximum atomic E-state index is 5.70. The monoisotopic (exact) mass is 400 g/mol. The van der Waals surface area contributed by atoms with E-state index in [2.05, 4.69) is 0 Å². The van der Waals surface area contributed by atoms with E-state index in [9.17, 15) is 0 Å².